The summed E-state index contributed by atoms with van der Waals surface area (Å²) in [5, 5.41) is 6.45. The molecule has 3 rings (SSSR count). The molecule has 0 unspecified atom stereocenters. The van der Waals surface area contributed by atoms with Crippen LogP contribution in [0, 0.1) is 0 Å². The number of nitrogens with zero attached hydrogens (tertiary/aromatic N) is 2. The van der Waals surface area contributed by atoms with Gasteiger partial charge in [-0.05, 0) is 31.2 Å². The number of aromatic nitrogens is 2. The molecule has 0 atom stereocenters. The lowest BCUT2D eigenvalue weighted by Gasteiger charge is -2.04. The third-order valence-electron chi connectivity index (χ3n) is 3.22. The molecule has 3 aromatic rings. The Morgan fingerprint density at radius 1 is 1.13 bits per heavy atom. The van der Waals surface area contributed by atoms with Gasteiger partial charge in [-0.3, -0.25) is 14.6 Å². The Balaban J connectivity index is 1.78. The minimum Gasteiger partial charge on any atom is -0.355 e. The molecule has 0 fully saturated rings. The monoisotopic (exact) mass is 307 g/mol. The first-order chi connectivity index (χ1) is 11.1. The number of rotatable bonds is 4. The van der Waals surface area contributed by atoms with Crippen LogP contribution in [-0.2, 0) is 0 Å². The first kappa shape index (κ1) is 14.6. The average Bonchev–Trinajstić information content (AvgIpc) is 3.06. The van der Waals surface area contributed by atoms with Crippen LogP contribution in [0.15, 0.2) is 59.4 Å². The fourth-order valence-corrected chi connectivity index (χ4v) is 2.04. The molecule has 2 heterocycles. The van der Waals surface area contributed by atoms with E-state index in [0.29, 0.717) is 17.0 Å². The molecule has 1 N–H and O–H groups in total. The van der Waals surface area contributed by atoms with Gasteiger partial charge in [-0.15, -0.1) is 0 Å². The zero-order valence-electron chi connectivity index (χ0n) is 12.3. The van der Waals surface area contributed by atoms with E-state index in [0.717, 1.165) is 5.56 Å². The highest BCUT2D eigenvalue weighted by Crippen LogP contribution is 2.20. The third kappa shape index (κ3) is 3.32. The Morgan fingerprint density at radius 2 is 2.00 bits per heavy atom. The van der Waals surface area contributed by atoms with E-state index in [1.54, 1.807) is 48.8 Å². The van der Waals surface area contributed by atoms with Crippen LogP contribution in [0.3, 0.4) is 0 Å². The van der Waals surface area contributed by atoms with E-state index in [1.165, 1.54) is 6.92 Å². The molecular formula is C17H13N3O3. The molecule has 2 aromatic heterocycles. The SMILES string of the molecule is CC(=O)c1cccc(NC(=O)c2cc(-c3cccnc3)on2)c1. The molecule has 23 heavy (non-hydrogen) atoms. The molecule has 1 amide bonds. The summed E-state index contributed by atoms with van der Waals surface area (Å²) in [6.45, 7) is 1.47. The van der Waals surface area contributed by atoms with Gasteiger partial charge in [0.25, 0.3) is 5.91 Å². The number of hydrogen-bond donors (Lipinski definition) is 1. The number of benzene rings is 1. The van der Waals surface area contributed by atoms with E-state index in [4.69, 9.17) is 4.52 Å². The second-order valence-electron chi connectivity index (χ2n) is 4.91. The van der Waals surface area contributed by atoms with E-state index in [1.807, 2.05) is 6.07 Å². The standard InChI is InChI=1S/C17H13N3O3/c1-11(21)12-4-2-6-14(8-12)19-17(22)15-9-16(23-20-15)13-5-3-7-18-10-13/h2-10H,1H3,(H,19,22). The summed E-state index contributed by atoms with van der Waals surface area (Å²) in [5.74, 6) is -0.0215. The van der Waals surface area contributed by atoms with Crippen molar-refractivity contribution in [3.8, 4) is 11.3 Å². The van der Waals surface area contributed by atoms with Crippen LogP contribution in [0.5, 0.6) is 0 Å². The zero-order chi connectivity index (χ0) is 16.2. The number of Topliss-reactive ketones (excluding diaryl/α,β-unsaturated/α-hetero) is 1. The van der Waals surface area contributed by atoms with Crippen molar-refractivity contribution >= 4 is 17.4 Å². The van der Waals surface area contributed by atoms with Crippen LogP contribution in [0.2, 0.25) is 0 Å². The Morgan fingerprint density at radius 3 is 2.74 bits per heavy atom. The second kappa shape index (κ2) is 6.23. The molecule has 1 aromatic carbocycles. The van der Waals surface area contributed by atoms with Crippen LogP contribution in [-0.4, -0.2) is 21.8 Å². The maximum atomic E-state index is 12.2. The van der Waals surface area contributed by atoms with Gasteiger partial charge in [0, 0.05) is 35.3 Å². The van der Waals surface area contributed by atoms with E-state index < -0.39 is 5.91 Å². The lowest BCUT2D eigenvalue weighted by Crippen LogP contribution is -2.12. The lowest BCUT2D eigenvalue weighted by atomic mass is 10.1. The number of nitrogens with one attached hydrogen (secondary N) is 1. The lowest BCUT2D eigenvalue weighted by molar-refractivity contribution is 0.100. The highest BCUT2D eigenvalue weighted by molar-refractivity contribution is 6.04. The van der Waals surface area contributed by atoms with Crippen LogP contribution in [0.4, 0.5) is 5.69 Å². The molecule has 114 valence electrons. The number of hydrogen-bond acceptors (Lipinski definition) is 5. The van der Waals surface area contributed by atoms with Gasteiger partial charge in [-0.2, -0.15) is 0 Å². The summed E-state index contributed by atoms with van der Waals surface area (Å²) in [4.78, 5) is 27.6. The Kier molecular flexibility index (Phi) is 3.97. The van der Waals surface area contributed by atoms with Crippen LogP contribution in [0.25, 0.3) is 11.3 Å². The number of carbonyl (C=O) groups excluding carboxylic acids is 2. The largest absolute Gasteiger partial charge is 0.355 e. The summed E-state index contributed by atoms with van der Waals surface area (Å²) in [6, 6.07) is 11.8. The predicted molar refractivity (Wildman–Crippen MR) is 84.1 cm³/mol. The van der Waals surface area contributed by atoms with Crippen molar-refractivity contribution in [3.05, 3.63) is 66.1 Å². The molecule has 0 aliphatic rings. The normalized spacial score (nSPS) is 10.3. The minimum atomic E-state index is -0.412. The van der Waals surface area contributed by atoms with Gasteiger partial charge in [0.05, 0.1) is 0 Å². The second-order valence-corrected chi connectivity index (χ2v) is 4.91. The van der Waals surface area contributed by atoms with Crippen molar-refractivity contribution < 1.29 is 14.1 Å². The predicted octanol–water partition coefficient (Wildman–Crippen LogP) is 3.19. The summed E-state index contributed by atoms with van der Waals surface area (Å²) in [5.41, 5.74) is 1.93. The highest BCUT2D eigenvalue weighted by Gasteiger charge is 2.14. The Labute approximate surface area is 132 Å². The van der Waals surface area contributed by atoms with Gasteiger partial charge in [0.15, 0.2) is 17.2 Å². The fourth-order valence-electron chi connectivity index (χ4n) is 2.04. The zero-order valence-corrected chi connectivity index (χ0v) is 12.3. The van der Waals surface area contributed by atoms with E-state index >= 15 is 0 Å². The number of ketones is 1. The molecular weight excluding hydrogens is 294 g/mol. The van der Waals surface area contributed by atoms with Gasteiger partial charge >= 0.3 is 0 Å². The van der Waals surface area contributed by atoms with Crippen LogP contribution in [0.1, 0.15) is 27.8 Å². The van der Waals surface area contributed by atoms with E-state index in [9.17, 15) is 9.59 Å². The van der Waals surface area contributed by atoms with Crippen molar-refractivity contribution in [2.24, 2.45) is 0 Å². The van der Waals surface area contributed by atoms with Gasteiger partial charge in [-0.1, -0.05) is 17.3 Å². The molecule has 0 bridgehead atoms. The molecule has 6 heteroatoms. The Hall–Kier alpha value is -3.28. The first-order valence-corrected chi connectivity index (χ1v) is 6.93. The quantitative estimate of drug-likeness (QED) is 0.748. The highest BCUT2D eigenvalue weighted by atomic mass is 16.5. The molecule has 0 aliphatic heterocycles. The molecule has 0 saturated carbocycles. The van der Waals surface area contributed by atoms with Crippen molar-refractivity contribution in [1.82, 2.24) is 10.1 Å². The number of pyridine rings is 1. The van der Waals surface area contributed by atoms with Crippen LogP contribution >= 0.6 is 0 Å². The average molecular weight is 307 g/mol. The summed E-state index contributed by atoms with van der Waals surface area (Å²) >= 11 is 0. The molecule has 0 spiro atoms. The van der Waals surface area contributed by atoms with Crippen molar-refractivity contribution in [2.75, 3.05) is 5.32 Å². The van der Waals surface area contributed by atoms with Gasteiger partial charge in [-0.25, -0.2) is 0 Å². The van der Waals surface area contributed by atoms with Gasteiger partial charge in [0.1, 0.15) is 0 Å². The Bertz CT molecular complexity index is 856. The topological polar surface area (TPSA) is 85.1 Å². The maximum absolute atomic E-state index is 12.2. The molecule has 0 saturated heterocycles. The molecule has 6 nitrogen and oxygen atoms in total. The van der Waals surface area contributed by atoms with Gasteiger partial charge < -0.3 is 9.84 Å². The molecule has 0 aliphatic carbocycles. The summed E-state index contributed by atoms with van der Waals surface area (Å²) in [7, 11) is 0. The number of carbonyl (C=O) groups is 2. The minimum absolute atomic E-state index is 0.0681. The summed E-state index contributed by atoms with van der Waals surface area (Å²) in [6.07, 6.45) is 3.27. The first-order valence-electron chi connectivity index (χ1n) is 6.93. The van der Waals surface area contributed by atoms with E-state index in [2.05, 4.69) is 15.5 Å². The number of anilines is 1. The third-order valence-corrected chi connectivity index (χ3v) is 3.22. The van der Waals surface area contributed by atoms with Crippen molar-refractivity contribution in [2.45, 2.75) is 6.92 Å². The van der Waals surface area contributed by atoms with Crippen molar-refractivity contribution in [1.29, 1.82) is 0 Å². The molecule has 0 radical (unpaired) electrons. The summed E-state index contributed by atoms with van der Waals surface area (Å²) < 4.78 is 5.17. The van der Waals surface area contributed by atoms with Crippen molar-refractivity contribution in [3.63, 3.8) is 0 Å². The maximum Gasteiger partial charge on any atom is 0.277 e. The number of amides is 1. The smallest absolute Gasteiger partial charge is 0.277 e. The van der Waals surface area contributed by atoms with Crippen LogP contribution < -0.4 is 5.32 Å². The fraction of sp³-hybridized carbons (Fsp3) is 0.0588. The van der Waals surface area contributed by atoms with Gasteiger partial charge in [0.2, 0.25) is 0 Å². The van der Waals surface area contributed by atoms with E-state index in [-0.39, 0.29) is 11.5 Å².